The number of nitrogens with one attached hydrogen (secondary N) is 3. The van der Waals surface area contributed by atoms with Gasteiger partial charge in [0, 0.05) is 32.2 Å². The summed E-state index contributed by atoms with van der Waals surface area (Å²) in [5, 5.41) is 18.2. The molecule has 1 saturated heterocycles. The molecule has 0 spiro atoms. The third-order valence-electron chi connectivity index (χ3n) is 6.29. The van der Waals surface area contributed by atoms with E-state index in [4.69, 9.17) is 4.74 Å². The van der Waals surface area contributed by atoms with Crippen molar-refractivity contribution >= 4 is 17.5 Å². The Bertz CT molecular complexity index is 1120. The average Bonchev–Trinajstić information content (AvgIpc) is 3.15. The summed E-state index contributed by atoms with van der Waals surface area (Å²) in [7, 11) is 0. The van der Waals surface area contributed by atoms with Gasteiger partial charge in [0.1, 0.15) is 18.0 Å². The van der Waals surface area contributed by atoms with Crippen LogP contribution in [0.1, 0.15) is 36.5 Å². The first kappa shape index (κ1) is 23.9. The van der Waals surface area contributed by atoms with Crippen LogP contribution in [-0.2, 0) is 33.6 Å². The molecule has 0 aromatic heterocycles. The Balaban J connectivity index is 1.49. The van der Waals surface area contributed by atoms with Gasteiger partial charge in [-0.3, -0.25) is 9.59 Å². The van der Waals surface area contributed by atoms with Crippen molar-refractivity contribution in [1.82, 2.24) is 10.6 Å². The number of hydrogen-bond acceptors (Lipinski definition) is 5. The zero-order valence-corrected chi connectivity index (χ0v) is 19.2. The molecule has 2 atom stereocenters. The molecule has 3 N–H and O–H groups in total. The second-order valence-electron chi connectivity index (χ2n) is 8.77. The highest BCUT2D eigenvalue weighted by molar-refractivity contribution is 5.91. The number of amides is 2. The molecule has 2 aliphatic rings. The number of fused-ring (bicyclic) bond motifs is 1. The molecule has 4 rings (SSSR count). The second-order valence-corrected chi connectivity index (χ2v) is 8.77. The number of rotatable bonds is 6. The quantitative estimate of drug-likeness (QED) is 0.610. The summed E-state index contributed by atoms with van der Waals surface area (Å²) in [5.74, 6) is -0.900. The van der Waals surface area contributed by atoms with Gasteiger partial charge >= 0.3 is 0 Å². The third kappa shape index (κ3) is 5.44. The molecule has 2 aromatic carbocycles. The molecule has 1 aliphatic carbocycles. The fourth-order valence-corrected chi connectivity index (χ4v) is 4.66. The normalized spacial score (nSPS) is 18.3. The summed E-state index contributed by atoms with van der Waals surface area (Å²) in [6, 6.07) is 9.99. The largest absolute Gasteiger partial charge is 0.367 e. The lowest BCUT2D eigenvalue weighted by molar-refractivity contribution is -0.132. The number of halogens is 1. The van der Waals surface area contributed by atoms with Crippen LogP contribution in [0.2, 0.25) is 0 Å². The summed E-state index contributed by atoms with van der Waals surface area (Å²) >= 11 is 0. The van der Waals surface area contributed by atoms with Crippen LogP contribution in [-0.4, -0.2) is 43.7 Å². The van der Waals surface area contributed by atoms with Crippen LogP contribution in [0.3, 0.4) is 0 Å². The molecule has 1 unspecified atom stereocenters. The summed E-state index contributed by atoms with van der Waals surface area (Å²) in [5.41, 5.74) is 5.14. The number of carbonyl (C=O) groups excluding carboxylic acids is 2. The lowest BCUT2D eigenvalue weighted by Gasteiger charge is -2.18. The van der Waals surface area contributed by atoms with Crippen molar-refractivity contribution in [2.75, 3.05) is 25.0 Å². The number of carbonyl (C=O) groups is 2. The van der Waals surface area contributed by atoms with Gasteiger partial charge in [-0.25, -0.2) is 4.39 Å². The zero-order valence-electron chi connectivity index (χ0n) is 19.2. The molecule has 1 heterocycles. The molecule has 178 valence electrons. The molecule has 0 radical (unpaired) electrons. The summed E-state index contributed by atoms with van der Waals surface area (Å²) in [4.78, 5) is 24.0. The lowest BCUT2D eigenvalue weighted by atomic mass is 9.94. The maximum Gasteiger partial charge on any atom is 0.251 e. The minimum atomic E-state index is -0.860. The van der Waals surface area contributed by atoms with Gasteiger partial charge in [-0.1, -0.05) is 18.2 Å². The molecule has 7 nitrogen and oxygen atoms in total. The van der Waals surface area contributed by atoms with Crippen molar-refractivity contribution in [3.8, 4) is 17.2 Å². The standard InChI is InChI=1S/C26H29FN4O3/c1-16(32)30-24-9-8-20(21-4-2-5-22(21)24)17-6-7-18(23(27)13-17)12-19(14-28)31-26(33)25-15-29-10-3-11-34-25/h6-9,13,19,25,29H,2-5,10-12,15H2,1H3,(H,30,32)(H,31,33)/t19-,25?/m0/s1. The minimum absolute atomic E-state index is 0.0636. The van der Waals surface area contributed by atoms with Crippen molar-refractivity contribution in [2.24, 2.45) is 0 Å². The third-order valence-corrected chi connectivity index (χ3v) is 6.29. The van der Waals surface area contributed by atoms with Crippen LogP contribution < -0.4 is 16.0 Å². The van der Waals surface area contributed by atoms with Crippen LogP contribution in [0.15, 0.2) is 30.3 Å². The van der Waals surface area contributed by atoms with E-state index in [2.05, 4.69) is 22.0 Å². The highest BCUT2D eigenvalue weighted by Crippen LogP contribution is 2.37. The summed E-state index contributed by atoms with van der Waals surface area (Å²) in [6.45, 7) is 3.13. The van der Waals surface area contributed by atoms with Crippen LogP contribution >= 0.6 is 0 Å². The van der Waals surface area contributed by atoms with Crippen molar-refractivity contribution < 1.29 is 18.7 Å². The van der Waals surface area contributed by atoms with Gasteiger partial charge in [0.15, 0.2) is 0 Å². The van der Waals surface area contributed by atoms with Crippen LogP contribution in [0.25, 0.3) is 11.1 Å². The van der Waals surface area contributed by atoms with E-state index >= 15 is 4.39 Å². The zero-order chi connectivity index (χ0) is 24.1. The number of anilines is 1. The highest BCUT2D eigenvalue weighted by Gasteiger charge is 2.25. The molecule has 34 heavy (non-hydrogen) atoms. The van der Waals surface area contributed by atoms with Gasteiger partial charge < -0.3 is 20.7 Å². The van der Waals surface area contributed by atoms with Gasteiger partial charge in [-0.05, 0) is 72.2 Å². The molecular formula is C26H29FN4O3. The number of ether oxygens (including phenoxy) is 1. The first-order valence-electron chi connectivity index (χ1n) is 11.7. The Morgan fingerprint density at radius 2 is 2.06 bits per heavy atom. The molecule has 8 heteroatoms. The van der Waals surface area contributed by atoms with Gasteiger partial charge in [0.2, 0.25) is 5.91 Å². The van der Waals surface area contributed by atoms with Crippen molar-refractivity contribution in [1.29, 1.82) is 5.26 Å². The first-order chi connectivity index (χ1) is 16.5. The Hall–Kier alpha value is -3.28. The maximum absolute atomic E-state index is 15.1. The summed E-state index contributed by atoms with van der Waals surface area (Å²) < 4.78 is 20.6. The highest BCUT2D eigenvalue weighted by atomic mass is 19.1. The van der Waals surface area contributed by atoms with Crippen molar-refractivity contribution in [3.63, 3.8) is 0 Å². The molecular weight excluding hydrogens is 435 g/mol. The Kier molecular flexibility index (Phi) is 7.56. The van der Waals surface area contributed by atoms with E-state index in [1.807, 2.05) is 18.2 Å². The van der Waals surface area contributed by atoms with Crippen LogP contribution in [0.5, 0.6) is 0 Å². The number of nitriles is 1. The van der Waals surface area contributed by atoms with E-state index in [0.29, 0.717) is 18.7 Å². The molecule has 1 fully saturated rings. The average molecular weight is 465 g/mol. The van der Waals surface area contributed by atoms with Crippen LogP contribution in [0.4, 0.5) is 10.1 Å². The molecule has 2 aromatic rings. The minimum Gasteiger partial charge on any atom is -0.367 e. The SMILES string of the molecule is CC(=O)Nc1ccc(-c2ccc(C[C@@H](C#N)NC(=O)C3CNCCCO3)c(F)c2)c2c1CCC2. The maximum atomic E-state index is 15.1. The summed E-state index contributed by atoms with van der Waals surface area (Å²) in [6.07, 6.45) is 2.97. The van der Waals surface area contributed by atoms with E-state index in [-0.39, 0.29) is 18.2 Å². The lowest BCUT2D eigenvalue weighted by Crippen LogP contribution is -2.46. The first-order valence-corrected chi connectivity index (χ1v) is 11.7. The van der Waals surface area contributed by atoms with E-state index in [9.17, 15) is 14.9 Å². The fourth-order valence-electron chi connectivity index (χ4n) is 4.66. The topological polar surface area (TPSA) is 103 Å². The molecule has 0 bridgehead atoms. The Labute approximate surface area is 198 Å². The Morgan fingerprint density at radius 1 is 1.24 bits per heavy atom. The monoisotopic (exact) mass is 464 g/mol. The number of nitrogens with zero attached hydrogens (tertiary/aromatic N) is 1. The van der Waals surface area contributed by atoms with E-state index in [1.165, 1.54) is 13.0 Å². The molecule has 1 aliphatic heterocycles. The van der Waals surface area contributed by atoms with Gasteiger partial charge in [-0.15, -0.1) is 0 Å². The fraction of sp³-hybridized carbons (Fsp3) is 0.423. The van der Waals surface area contributed by atoms with Crippen LogP contribution in [0, 0.1) is 17.1 Å². The predicted octanol–water partition coefficient (Wildman–Crippen LogP) is 2.87. The van der Waals surface area contributed by atoms with E-state index < -0.39 is 18.0 Å². The Morgan fingerprint density at radius 3 is 2.82 bits per heavy atom. The smallest absolute Gasteiger partial charge is 0.251 e. The van der Waals surface area contributed by atoms with Crippen molar-refractivity contribution in [2.45, 2.75) is 51.2 Å². The van der Waals surface area contributed by atoms with E-state index in [0.717, 1.165) is 60.2 Å². The predicted molar refractivity (Wildman–Crippen MR) is 127 cm³/mol. The number of benzene rings is 2. The second kappa shape index (κ2) is 10.8. The number of hydrogen-bond donors (Lipinski definition) is 3. The van der Waals surface area contributed by atoms with Gasteiger partial charge in [-0.2, -0.15) is 5.26 Å². The van der Waals surface area contributed by atoms with Crippen molar-refractivity contribution in [3.05, 3.63) is 52.8 Å². The van der Waals surface area contributed by atoms with Gasteiger partial charge in [0.05, 0.1) is 6.07 Å². The molecule has 0 saturated carbocycles. The van der Waals surface area contributed by atoms with E-state index in [1.54, 1.807) is 6.07 Å². The van der Waals surface area contributed by atoms with Gasteiger partial charge in [0.25, 0.3) is 5.91 Å². The molecule has 2 amide bonds.